The SMILES string of the molecule is CSCC[C@H](NC(=O)[C@H](CC(C)C)NC(=O)[C@H](C)NC(=O)[C@H](CC(=O)O)NC(=O)[C@H](CC(N)=O)NC(=O)CNC(=O)[C@H](Cc1ccc(O)cc1)NC(=O)[C@@H](N)CO)C(=O)N1CCC[C@H]1C(=O)O. The molecule has 0 unspecified atom stereocenters. The van der Waals surface area contributed by atoms with E-state index in [1.54, 1.807) is 20.1 Å². The Hall–Kier alpha value is -6.54. The summed E-state index contributed by atoms with van der Waals surface area (Å²) in [7, 11) is 0. The van der Waals surface area contributed by atoms with Gasteiger partial charge in [0.25, 0.3) is 0 Å². The van der Waals surface area contributed by atoms with E-state index in [9.17, 15) is 73.2 Å². The fourth-order valence-corrected chi connectivity index (χ4v) is 7.14. The molecule has 1 heterocycles. The number of aliphatic carboxylic acids is 2. The lowest BCUT2D eigenvalue weighted by molar-refractivity contribution is -0.149. The lowest BCUT2D eigenvalue weighted by atomic mass is 10.0. The zero-order valence-electron chi connectivity index (χ0n) is 37.6. The number of aliphatic hydroxyl groups is 1. The number of hydrogen-bond acceptors (Lipinski definition) is 15. The van der Waals surface area contributed by atoms with Gasteiger partial charge in [-0.05, 0) is 68.2 Å². The van der Waals surface area contributed by atoms with Crippen LogP contribution in [-0.4, -0.2) is 170 Å². The van der Waals surface area contributed by atoms with Crippen molar-refractivity contribution in [2.24, 2.45) is 17.4 Å². The molecular formula is C41H62N10O15S. The minimum Gasteiger partial charge on any atom is -0.508 e. The van der Waals surface area contributed by atoms with E-state index in [1.807, 2.05) is 0 Å². The molecule has 8 atom stereocenters. The lowest BCUT2D eigenvalue weighted by Crippen LogP contribution is -2.59. The van der Waals surface area contributed by atoms with Gasteiger partial charge in [-0.15, -0.1) is 0 Å². The normalized spacial score (nSPS) is 16.4. The summed E-state index contributed by atoms with van der Waals surface area (Å²) in [5.41, 5.74) is 11.3. The molecule has 1 aliphatic heterocycles. The highest BCUT2D eigenvalue weighted by molar-refractivity contribution is 7.98. The molecule has 0 aliphatic carbocycles. The minimum atomic E-state index is -1.92. The Morgan fingerprint density at radius 3 is 1.88 bits per heavy atom. The van der Waals surface area contributed by atoms with Crippen molar-refractivity contribution in [1.29, 1.82) is 0 Å². The average molecular weight is 967 g/mol. The predicted molar refractivity (Wildman–Crippen MR) is 238 cm³/mol. The molecule has 372 valence electrons. The molecule has 1 aliphatic rings. The smallest absolute Gasteiger partial charge is 0.326 e. The molecule has 0 radical (unpaired) electrons. The molecule has 9 amide bonds. The van der Waals surface area contributed by atoms with Gasteiger partial charge in [0.05, 0.1) is 26.0 Å². The van der Waals surface area contributed by atoms with E-state index in [0.717, 1.165) is 0 Å². The van der Waals surface area contributed by atoms with Crippen molar-refractivity contribution < 1.29 is 73.2 Å². The van der Waals surface area contributed by atoms with Gasteiger partial charge in [0.15, 0.2) is 0 Å². The van der Waals surface area contributed by atoms with Crippen LogP contribution in [0.25, 0.3) is 0 Å². The Labute approximate surface area is 390 Å². The van der Waals surface area contributed by atoms with Gasteiger partial charge < -0.3 is 74.0 Å². The number of nitrogens with one attached hydrogen (secondary N) is 7. The quantitative estimate of drug-likeness (QED) is 0.0377. The molecule has 0 saturated carbocycles. The van der Waals surface area contributed by atoms with Gasteiger partial charge in [0.2, 0.25) is 53.2 Å². The van der Waals surface area contributed by atoms with Gasteiger partial charge in [-0.1, -0.05) is 26.0 Å². The van der Waals surface area contributed by atoms with Crippen LogP contribution in [0.4, 0.5) is 0 Å². The molecule has 0 bridgehead atoms. The van der Waals surface area contributed by atoms with Crippen LogP contribution in [0.5, 0.6) is 5.75 Å². The van der Waals surface area contributed by atoms with E-state index in [-0.39, 0.29) is 43.9 Å². The number of benzene rings is 1. The van der Waals surface area contributed by atoms with E-state index in [1.165, 1.54) is 47.9 Å². The lowest BCUT2D eigenvalue weighted by Gasteiger charge is -2.29. The van der Waals surface area contributed by atoms with Crippen molar-refractivity contribution in [3.05, 3.63) is 29.8 Å². The summed E-state index contributed by atoms with van der Waals surface area (Å²) in [6.07, 6.45) is 0.634. The fraction of sp³-hybridized carbons (Fsp3) is 0.585. The summed E-state index contributed by atoms with van der Waals surface area (Å²) in [6.45, 7) is 3.30. The van der Waals surface area contributed by atoms with E-state index in [2.05, 4.69) is 37.2 Å². The highest BCUT2D eigenvalue weighted by Crippen LogP contribution is 2.20. The molecule has 0 aromatic heterocycles. The van der Waals surface area contributed by atoms with E-state index < -0.39 is 139 Å². The maximum absolute atomic E-state index is 13.6. The minimum absolute atomic E-state index is 0.0633. The number of primary amides is 1. The van der Waals surface area contributed by atoms with Crippen LogP contribution < -0.4 is 48.7 Å². The number of likely N-dealkylation sites (tertiary alicyclic amines) is 1. The molecule has 1 aromatic carbocycles. The number of carbonyl (C=O) groups excluding carboxylic acids is 9. The highest BCUT2D eigenvalue weighted by atomic mass is 32.2. The Morgan fingerprint density at radius 1 is 0.746 bits per heavy atom. The number of phenolic OH excluding ortho intramolecular Hbond substituents is 1. The highest BCUT2D eigenvalue weighted by Gasteiger charge is 2.39. The number of rotatable bonds is 28. The zero-order valence-corrected chi connectivity index (χ0v) is 38.4. The molecule has 67 heavy (non-hydrogen) atoms. The van der Waals surface area contributed by atoms with Crippen molar-refractivity contribution in [2.75, 3.05) is 31.7 Å². The second-order valence-corrected chi connectivity index (χ2v) is 17.2. The first-order chi connectivity index (χ1) is 31.5. The van der Waals surface area contributed by atoms with Crippen molar-refractivity contribution in [3.63, 3.8) is 0 Å². The van der Waals surface area contributed by atoms with Gasteiger partial charge in [-0.25, -0.2) is 4.79 Å². The molecule has 0 spiro atoms. The molecule has 1 fully saturated rings. The van der Waals surface area contributed by atoms with Crippen LogP contribution in [-0.2, 0) is 59.2 Å². The van der Waals surface area contributed by atoms with Gasteiger partial charge in [0, 0.05) is 13.0 Å². The monoisotopic (exact) mass is 966 g/mol. The number of carboxylic acid groups (broad SMARTS) is 2. The summed E-state index contributed by atoms with van der Waals surface area (Å²) in [5, 5.41) is 54.4. The van der Waals surface area contributed by atoms with Gasteiger partial charge in [-0.2, -0.15) is 11.8 Å². The Bertz CT molecular complexity index is 1960. The summed E-state index contributed by atoms with van der Waals surface area (Å²) >= 11 is 1.40. The number of thioether (sulfide) groups is 1. The molecule has 25 nitrogen and oxygen atoms in total. The molecule has 2 rings (SSSR count). The zero-order chi connectivity index (χ0) is 50.5. The van der Waals surface area contributed by atoms with Gasteiger partial charge in [0.1, 0.15) is 54.1 Å². The number of aromatic hydroxyl groups is 1. The van der Waals surface area contributed by atoms with E-state index >= 15 is 0 Å². The number of carboxylic acids is 2. The standard InChI is InChI=1S/C41H62N10O15S/c1-20(2)14-26(38(62)47-25(11-13-67-4)40(64)51-12-5-6-30(51)41(65)66)48-34(58)21(3)45-37(61)29(17-33(56)57)50-39(63)28(16-31(43)54)46-32(55)18-44-36(60)27(49-35(59)24(42)19-52)15-22-7-9-23(53)10-8-22/h7-10,20-21,24-30,52-53H,5-6,11-19,42H2,1-4H3,(H2,43,54)(H,44,60)(H,45,61)(H,46,55)(H,47,62)(H,48,58)(H,49,59)(H,50,63)(H,56,57)(H,65,66)/t21-,24-,25-,26-,27-,28-,29-,30-/m0/s1. The van der Waals surface area contributed by atoms with Crippen molar-refractivity contribution >= 4 is 76.9 Å². The van der Waals surface area contributed by atoms with Crippen LogP contribution in [0.3, 0.4) is 0 Å². The third kappa shape index (κ3) is 19.5. The third-order valence-electron chi connectivity index (χ3n) is 10.2. The first kappa shape index (κ1) is 56.6. The number of aliphatic hydroxyl groups excluding tert-OH is 1. The van der Waals surface area contributed by atoms with Crippen LogP contribution in [0.1, 0.15) is 64.9 Å². The van der Waals surface area contributed by atoms with E-state index in [0.29, 0.717) is 17.7 Å². The second kappa shape index (κ2) is 27.8. The van der Waals surface area contributed by atoms with Gasteiger partial charge >= 0.3 is 11.9 Å². The molecule has 1 aromatic rings. The second-order valence-electron chi connectivity index (χ2n) is 16.2. The first-order valence-electron chi connectivity index (χ1n) is 21.2. The number of carbonyl (C=O) groups is 11. The first-order valence-corrected chi connectivity index (χ1v) is 22.6. The maximum Gasteiger partial charge on any atom is 0.326 e. The average Bonchev–Trinajstić information content (AvgIpc) is 3.76. The van der Waals surface area contributed by atoms with Crippen molar-refractivity contribution in [3.8, 4) is 5.75 Å². The number of hydrogen-bond donors (Lipinski definition) is 13. The third-order valence-corrected chi connectivity index (χ3v) is 10.8. The van der Waals surface area contributed by atoms with Crippen LogP contribution in [0.15, 0.2) is 24.3 Å². The fourth-order valence-electron chi connectivity index (χ4n) is 6.67. The van der Waals surface area contributed by atoms with Crippen molar-refractivity contribution in [1.82, 2.24) is 42.1 Å². The van der Waals surface area contributed by atoms with Crippen LogP contribution in [0.2, 0.25) is 0 Å². The topological polar surface area (TPSA) is 408 Å². The Morgan fingerprint density at radius 2 is 1.31 bits per heavy atom. The molecule has 26 heteroatoms. The molecular weight excluding hydrogens is 905 g/mol. The summed E-state index contributed by atoms with van der Waals surface area (Å²) in [5.74, 6) is -11.4. The Kier molecular flexibility index (Phi) is 23.5. The van der Waals surface area contributed by atoms with Crippen molar-refractivity contribution in [2.45, 2.75) is 114 Å². The summed E-state index contributed by atoms with van der Waals surface area (Å²) in [6, 6.07) is -5.83. The number of nitrogens with zero attached hydrogens (tertiary/aromatic N) is 1. The summed E-state index contributed by atoms with van der Waals surface area (Å²) < 4.78 is 0. The Balaban J connectivity index is 2.17. The molecule has 1 saturated heterocycles. The summed E-state index contributed by atoms with van der Waals surface area (Å²) in [4.78, 5) is 143. The van der Waals surface area contributed by atoms with Crippen LogP contribution >= 0.6 is 11.8 Å². The number of amides is 9. The number of phenols is 1. The van der Waals surface area contributed by atoms with Crippen LogP contribution in [0, 0.1) is 5.92 Å². The number of nitrogens with two attached hydrogens (primary N) is 2. The maximum atomic E-state index is 13.6. The van der Waals surface area contributed by atoms with E-state index in [4.69, 9.17) is 11.5 Å². The largest absolute Gasteiger partial charge is 0.508 e. The van der Waals surface area contributed by atoms with Gasteiger partial charge in [-0.3, -0.25) is 47.9 Å². The molecule has 15 N–H and O–H groups in total. The predicted octanol–water partition coefficient (Wildman–Crippen LogP) is -4.48.